The fourth-order valence-electron chi connectivity index (χ4n) is 5.81. The van der Waals surface area contributed by atoms with Gasteiger partial charge < -0.3 is 30.3 Å². The van der Waals surface area contributed by atoms with Gasteiger partial charge in [0.1, 0.15) is 12.6 Å². The average molecular weight is 854 g/mol. The fraction of sp³-hybridized carbons (Fsp3) is 0.717. The molecule has 59 heavy (non-hydrogen) atoms. The maximum Gasteiger partial charge on any atom is 0.472 e. The first kappa shape index (κ1) is 56.1. The Bertz CT molecular complexity index is 1250. The van der Waals surface area contributed by atoms with Crippen molar-refractivity contribution in [1.82, 2.24) is 0 Å². The molecule has 0 heterocycles. The molecular formula is C46H80NO11P. The number of esters is 2. The van der Waals surface area contributed by atoms with Crippen molar-refractivity contribution in [3.8, 4) is 0 Å². The first-order valence-electron chi connectivity index (χ1n) is 22.4. The molecule has 0 aliphatic heterocycles. The molecule has 0 saturated heterocycles. The molecule has 5 N–H and O–H groups in total. The second kappa shape index (κ2) is 40.5. The van der Waals surface area contributed by atoms with E-state index in [1.54, 1.807) is 6.08 Å². The number of phosphoric acid groups is 1. The predicted octanol–water partition coefficient (Wildman–Crippen LogP) is 10.9. The average Bonchev–Trinajstić information content (AvgIpc) is 3.21. The van der Waals surface area contributed by atoms with Gasteiger partial charge in [-0.05, 0) is 64.2 Å². The second-order valence-corrected chi connectivity index (χ2v) is 16.5. The molecule has 0 amide bonds. The van der Waals surface area contributed by atoms with E-state index in [1.165, 1.54) is 57.8 Å². The smallest absolute Gasteiger partial charge is 0.472 e. The van der Waals surface area contributed by atoms with Gasteiger partial charge in [-0.2, -0.15) is 0 Å². The van der Waals surface area contributed by atoms with Crippen LogP contribution in [0.25, 0.3) is 0 Å². The van der Waals surface area contributed by atoms with Crippen LogP contribution in [0.2, 0.25) is 0 Å². The number of carboxylic acids is 1. The van der Waals surface area contributed by atoms with Gasteiger partial charge in [0.25, 0.3) is 0 Å². The third-order valence-electron chi connectivity index (χ3n) is 9.35. The van der Waals surface area contributed by atoms with Crippen molar-refractivity contribution >= 4 is 25.7 Å². The number of allylic oxidation sites excluding steroid dienone is 9. The molecule has 0 spiro atoms. The van der Waals surface area contributed by atoms with Crippen molar-refractivity contribution in [3.63, 3.8) is 0 Å². The molecule has 0 bridgehead atoms. The van der Waals surface area contributed by atoms with Crippen molar-refractivity contribution in [2.24, 2.45) is 5.73 Å². The molecule has 0 aromatic heterocycles. The molecular weight excluding hydrogens is 773 g/mol. The van der Waals surface area contributed by atoms with Gasteiger partial charge in [0.05, 0.1) is 19.3 Å². The van der Waals surface area contributed by atoms with Crippen LogP contribution in [0.1, 0.15) is 174 Å². The molecule has 0 fully saturated rings. The third kappa shape index (κ3) is 40.3. The number of aliphatic hydroxyl groups is 1. The Hall–Kier alpha value is -2.86. The molecule has 0 radical (unpaired) electrons. The minimum absolute atomic E-state index is 0.0883. The van der Waals surface area contributed by atoms with E-state index in [0.29, 0.717) is 19.3 Å². The summed E-state index contributed by atoms with van der Waals surface area (Å²) in [7, 11) is -4.75. The zero-order chi connectivity index (χ0) is 43.7. The quantitative estimate of drug-likeness (QED) is 0.0150. The highest BCUT2D eigenvalue weighted by Gasteiger charge is 2.28. The zero-order valence-electron chi connectivity index (χ0n) is 36.4. The van der Waals surface area contributed by atoms with Gasteiger partial charge in [-0.25, -0.2) is 4.57 Å². The highest BCUT2D eigenvalue weighted by Crippen LogP contribution is 2.43. The Labute approximate surface area is 356 Å². The summed E-state index contributed by atoms with van der Waals surface area (Å²) in [6, 6.07) is -1.54. The van der Waals surface area contributed by atoms with E-state index in [0.717, 1.165) is 70.6 Å². The van der Waals surface area contributed by atoms with Crippen LogP contribution in [0.4, 0.5) is 0 Å². The lowest BCUT2D eigenvalue weighted by Gasteiger charge is -2.20. The minimum Gasteiger partial charge on any atom is -0.480 e. The van der Waals surface area contributed by atoms with Gasteiger partial charge in [-0.15, -0.1) is 0 Å². The molecule has 0 aliphatic carbocycles. The first-order chi connectivity index (χ1) is 28.5. The Balaban J connectivity index is 4.41. The van der Waals surface area contributed by atoms with Crippen LogP contribution in [-0.4, -0.2) is 71.1 Å². The van der Waals surface area contributed by atoms with E-state index in [9.17, 15) is 28.9 Å². The minimum atomic E-state index is -4.75. The molecule has 340 valence electrons. The number of rotatable bonds is 41. The van der Waals surface area contributed by atoms with Gasteiger partial charge >= 0.3 is 25.7 Å². The highest BCUT2D eigenvalue weighted by molar-refractivity contribution is 7.47. The number of unbranched alkanes of at least 4 members (excludes halogenated alkanes) is 16. The van der Waals surface area contributed by atoms with E-state index in [-0.39, 0.29) is 19.4 Å². The Morgan fingerprint density at radius 1 is 0.627 bits per heavy atom. The number of hydrogen-bond acceptors (Lipinski definition) is 10. The van der Waals surface area contributed by atoms with E-state index >= 15 is 0 Å². The van der Waals surface area contributed by atoms with Gasteiger partial charge in [0.15, 0.2) is 6.10 Å². The van der Waals surface area contributed by atoms with Crippen LogP contribution >= 0.6 is 7.82 Å². The number of carboxylic acid groups (broad SMARTS) is 1. The Kier molecular flexibility index (Phi) is 38.6. The van der Waals surface area contributed by atoms with Gasteiger partial charge in [-0.1, -0.05) is 158 Å². The lowest BCUT2D eigenvalue weighted by molar-refractivity contribution is -0.161. The Morgan fingerprint density at radius 3 is 1.76 bits per heavy atom. The summed E-state index contributed by atoms with van der Waals surface area (Å²) in [4.78, 5) is 46.0. The number of ether oxygens (including phenoxy) is 2. The molecule has 0 aromatic carbocycles. The summed E-state index contributed by atoms with van der Waals surface area (Å²) in [5, 5.41) is 19.0. The molecule has 2 unspecified atom stereocenters. The standard InChI is InChI=1S/C46H80NO11P/c1-3-5-7-9-11-12-13-14-15-16-17-18-19-20-21-22-24-28-32-36-44(49)55-38-42(39-56-59(53,54)57-40-43(47)46(51)52)58-45(50)37-33-29-25-27-31-35-41(48)34-30-26-23-10-8-6-4-2/h6,8,11-12,14-15,23,26,30,34,41-43,48H,3-5,7,9-10,13,16-22,24-25,27-29,31-33,35-40,47H2,1-2H3,(H,51,52)(H,53,54)/b8-6+,12-11-,15-14-,26-23+,34-30+/t41?,42-,43+/m1/s1. The SMILES string of the molecule is CC/C=C/C/C=C/C=C/C(O)CCCCCCCC(=O)O[C@H](COC(=O)CCCCCCCCCCC/C=C\C/C=C\CCCCC)COP(=O)(O)OC[C@H](N)C(=O)O. The number of nitrogens with two attached hydrogens (primary N) is 1. The molecule has 0 aromatic rings. The van der Waals surface area contributed by atoms with Gasteiger partial charge in [0, 0.05) is 12.8 Å². The summed E-state index contributed by atoms with van der Waals surface area (Å²) in [5.41, 5.74) is 5.33. The van der Waals surface area contributed by atoms with Crippen LogP contribution in [0.5, 0.6) is 0 Å². The highest BCUT2D eigenvalue weighted by atomic mass is 31.2. The topological polar surface area (TPSA) is 192 Å². The van der Waals surface area contributed by atoms with Crippen molar-refractivity contribution in [1.29, 1.82) is 0 Å². The molecule has 12 nitrogen and oxygen atoms in total. The molecule has 0 saturated carbocycles. The van der Waals surface area contributed by atoms with Crippen molar-refractivity contribution in [3.05, 3.63) is 60.8 Å². The lowest BCUT2D eigenvalue weighted by atomic mass is 10.1. The number of carbonyl (C=O) groups excluding carboxylic acids is 2. The maximum absolute atomic E-state index is 12.6. The van der Waals surface area contributed by atoms with Crippen molar-refractivity contribution in [2.45, 2.75) is 193 Å². The summed E-state index contributed by atoms with van der Waals surface area (Å²) < 4.78 is 32.7. The molecule has 4 atom stereocenters. The van der Waals surface area contributed by atoms with E-state index in [4.69, 9.17) is 24.8 Å². The fourth-order valence-corrected chi connectivity index (χ4v) is 6.59. The monoisotopic (exact) mass is 854 g/mol. The largest absolute Gasteiger partial charge is 0.480 e. The van der Waals surface area contributed by atoms with Crippen LogP contribution < -0.4 is 5.73 Å². The Morgan fingerprint density at radius 2 is 1.15 bits per heavy atom. The zero-order valence-corrected chi connectivity index (χ0v) is 37.3. The third-order valence-corrected chi connectivity index (χ3v) is 10.3. The number of aliphatic hydroxyl groups excluding tert-OH is 1. The van der Waals surface area contributed by atoms with Crippen LogP contribution in [0.3, 0.4) is 0 Å². The maximum atomic E-state index is 12.6. The predicted molar refractivity (Wildman–Crippen MR) is 237 cm³/mol. The van der Waals surface area contributed by atoms with Crippen molar-refractivity contribution < 1.29 is 52.6 Å². The van der Waals surface area contributed by atoms with Gasteiger partial charge in [-0.3, -0.25) is 23.4 Å². The van der Waals surface area contributed by atoms with E-state index < -0.39 is 57.2 Å². The number of phosphoric ester groups is 1. The summed E-state index contributed by atoms with van der Waals surface area (Å²) >= 11 is 0. The number of hydrogen-bond donors (Lipinski definition) is 4. The second-order valence-electron chi connectivity index (χ2n) is 15.0. The summed E-state index contributed by atoms with van der Waals surface area (Å²) in [5.74, 6) is -2.48. The van der Waals surface area contributed by atoms with Crippen molar-refractivity contribution in [2.75, 3.05) is 19.8 Å². The normalized spacial score (nSPS) is 14.8. The molecule has 0 aliphatic rings. The summed E-state index contributed by atoms with van der Waals surface area (Å²) in [6.45, 7) is 2.54. The first-order valence-corrected chi connectivity index (χ1v) is 23.9. The van der Waals surface area contributed by atoms with Gasteiger partial charge in [0.2, 0.25) is 0 Å². The summed E-state index contributed by atoms with van der Waals surface area (Å²) in [6.07, 6.45) is 43.0. The van der Waals surface area contributed by atoms with Crippen LogP contribution in [0.15, 0.2) is 60.8 Å². The molecule has 0 rings (SSSR count). The number of carbonyl (C=O) groups is 3. The number of aliphatic carboxylic acids is 1. The van der Waals surface area contributed by atoms with E-state index in [2.05, 4.69) is 54.8 Å². The van der Waals surface area contributed by atoms with E-state index in [1.807, 2.05) is 18.2 Å². The lowest BCUT2D eigenvalue weighted by Crippen LogP contribution is -2.34. The molecule has 13 heteroatoms. The van der Waals surface area contributed by atoms with Crippen LogP contribution in [0, 0.1) is 0 Å². The van der Waals surface area contributed by atoms with Crippen LogP contribution in [-0.2, 0) is 37.5 Å².